The van der Waals surface area contributed by atoms with E-state index in [2.05, 4.69) is 21.2 Å². The quantitative estimate of drug-likeness (QED) is 0.788. The smallest absolute Gasteiger partial charge is 0.133 e. The van der Waals surface area contributed by atoms with Crippen molar-refractivity contribution in [1.82, 2.24) is 5.32 Å². The van der Waals surface area contributed by atoms with Crippen molar-refractivity contribution in [2.45, 2.75) is 13.0 Å². The summed E-state index contributed by atoms with van der Waals surface area (Å²) in [7, 11) is 1.62. The third-order valence-corrected chi connectivity index (χ3v) is 3.68. The van der Waals surface area contributed by atoms with E-state index in [0.717, 1.165) is 21.9 Å². The lowest BCUT2D eigenvalue weighted by Gasteiger charge is -2.08. The molecule has 21 heavy (non-hydrogen) atoms. The first-order chi connectivity index (χ1) is 10.1. The van der Waals surface area contributed by atoms with Crippen molar-refractivity contribution >= 4 is 15.9 Å². The maximum Gasteiger partial charge on any atom is 0.133 e. The minimum Gasteiger partial charge on any atom is -0.496 e. The van der Waals surface area contributed by atoms with Crippen LogP contribution in [0, 0.1) is 11.6 Å². The molecule has 112 valence electrons. The molecule has 0 aliphatic rings. The number of nitrogens with one attached hydrogen (secondary N) is 1. The third kappa shape index (κ3) is 4.79. The number of benzene rings is 2. The molecule has 0 aliphatic carbocycles. The molecule has 2 aromatic carbocycles. The van der Waals surface area contributed by atoms with E-state index in [1.54, 1.807) is 7.11 Å². The molecule has 2 nitrogen and oxygen atoms in total. The fraction of sp³-hybridized carbons (Fsp3) is 0.250. The second-order valence-corrected chi connectivity index (χ2v) is 5.53. The zero-order chi connectivity index (χ0) is 15.2. The molecule has 0 unspecified atom stereocenters. The van der Waals surface area contributed by atoms with Gasteiger partial charge in [0.2, 0.25) is 0 Å². The summed E-state index contributed by atoms with van der Waals surface area (Å²) in [5.74, 6) is -0.290. The Balaban J connectivity index is 1.83. The Morgan fingerprint density at radius 3 is 2.38 bits per heavy atom. The minimum atomic E-state index is -0.538. The molecular weight excluding hydrogens is 340 g/mol. The van der Waals surface area contributed by atoms with Gasteiger partial charge >= 0.3 is 0 Å². The summed E-state index contributed by atoms with van der Waals surface area (Å²) in [6.45, 7) is 1.33. The zero-order valence-electron chi connectivity index (χ0n) is 11.6. The van der Waals surface area contributed by atoms with Gasteiger partial charge in [-0.15, -0.1) is 0 Å². The molecule has 0 fully saturated rings. The van der Waals surface area contributed by atoms with Crippen LogP contribution in [0.4, 0.5) is 8.78 Å². The van der Waals surface area contributed by atoms with Gasteiger partial charge in [-0.25, -0.2) is 8.78 Å². The second kappa shape index (κ2) is 7.52. The van der Waals surface area contributed by atoms with Crippen LogP contribution in [0.2, 0.25) is 0 Å². The molecule has 0 aromatic heterocycles. The van der Waals surface area contributed by atoms with Crippen LogP contribution in [0.3, 0.4) is 0 Å². The highest BCUT2D eigenvalue weighted by atomic mass is 79.9. The first-order valence-electron chi connectivity index (χ1n) is 6.56. The molecule has 0 atom stereocenters. The monoisotopic (exact) mass is 355 g/mol. The van der Waals surface area contributed by atoms with E-state index in [1.165, 1.54) is 12.1 Å². The number of methoxy groups -OCH3 is 1. The number of hydrogen-bond acceptors (Lipinski definition) is 2. The normalized spacial score (nSPS) is 10.7. The van der Waals surface area contributed by atoms with Crippen molar-refractivity contribution in [3.8, 4) is 5.75 Å². The Kier molecular flexibility index (Phi) is 5.70. The largest absolute Gasteiger partial charge is 0.496 e. The lowest BCUT2D eigenvalue weighted by atomic mass is 10.1. The summed E-state index contributed by atoms with van der Waals surface area (Å²) >= 11 is 3.43. The van der Waals surface area contributed by atoms with E-state index >= 15 is 0 Å². The summed E-state index contributed by atoms with van der Waals surface area (Å²) in [5.41, 5.74) is 1.75. The van der Waals surface area contributed by atoms with Crippen LogP contribution < -0.4 is 10.1 Å². The SMILES string of the molecule is COc1ccc(CNCCc2cc(F)cc(F)c2)cc1Br. The van der Waals surface area contributed by atoms with Gasteiger partial charge in [-0.3, -0.25) is 0 Å². The molecule has 0 amide bonds. The first kappa shape index (κ1) is 15.9. The minimum absolute atomic E-state index is 0.538. The molecule has 5 heteroatoms. The van der Waals surface area contributed by atoms with Gasteiger partial charge in [0.05, 0.1) is 11.6 Å². The van der Waals surface area contributed by atoms with E-state index < -0.39 is 11.6 Å². The van der Waals surface area contributed by atoms with Gasteiger partial charge in [-0.1, -0.05) is 6.07 Å². The Morgan fingerprint density at radius 2 is 1.76 bits per heavy atom. The molecule has 2 rings (SSSR count). The van der Waals surface area contributed by atoms with Gasteiger partial charge in [0.1, 0.15) is 17.4 Å². The van der Waals surface area contributed by atoms with Gasteiger partial charge in [-0.2, -0.15) is 0 Å². The van der Waals surface area contributed by atoms with Crippen LogP contribution in [0.5, 0.6) is 5.75 Å². The Bertz CT molecular complexity index is 599. The number of halogens is 3. The van der Waals surface area contributed by atoms with E-state index in [4.69, 9.17) is 4.74 Å². The van der Waals surface area contributed by atoms with Crippen LogP contribution in [0.15, 0.2) is 40.9 Å². The lowest BCUT2D eigenvalue weighted by Crippen LogP contribution is -2.16. The highest BCUT2D eigenvalue weighted by Crippen LogP contribution is 2.25. The average molecular weight is 356 g/mol. The van der Waals surface area contributed by atoms with Crippen LogP contribution in [-0.2, 0) is 13.0 Å². The molecule has 0 heterocycles. The molecular formula is C16H16BrF2NO. The van der Waals surface area contributed by atoms with Crippen molar-refractivity contribution in [2.75, 3.05) is 13.7 Å². The average Bonchev–Trinajstić information content (AvgIpc) is 2.43. The van der Waals surface area contributed by atoms with E-state index in [-0.39, 0.29) is 0 Å². The summed E-state index contributed by atoms with van der Waals surface area (Å²) < 4.78 is 32.1. The van der Waals surface area contributed by atoms with Gasteiger partial charge in [-0.05, 0) is 64.3 Å². The molecule has 0 aliphatic heterocycles. The lowest BCUT2D eigenvalue weighted by molar-refractivity contribution is 0.412. The highest BCUT2D eigenvalue weighted by Gasteiger charge is 2.02. The topological polar surface area (TPSA) is 21.3 Å². The van der Waals surface area contributed by atoms with Crippen LogP contribution >= 0.6 is 15.9 Å². The molecule has 0 spiro atoms. The molecule has 0 saturated heterocycles. The van der Waals surface area contributed by atoms with Gasteiger partial charge in [0, 0.05) is 12.6 Å². The second-order valence-electron chi connectivity index (χ2n) is 4.67. The van der Waals surface area contributed by atoms with Crippen LogP contribution in [0.1, 0.15) is 11.1 Å². The molecule has 0 bridgehead atoms. The van der Waals surface area contributed by atoms with Crippen molar-refractivity contribution in [1.29, 1.82) is 0 Å². The van der Waals surface area contributed by atoms with E-state index in [0.29, 0.717) is 25.1 Å². The Hall–Kier alpha value is -1.46. The van der Waals surface area contributed by atoms with Crippen LogP contribution in [-0.4, -0.2) is 13.7 Å². The van der Waals surface area contributed by atoms with Crippen LogP contribution in [0.25, 0.3) is 0 Å². The first-order valence-corrected chi connectivity index (χ1v) is 7.36. The summed E-state index contributed by atoms with van der Waals surface area (Å²) in [6.07, 6.45) is 0.575. The van der Waals surface area contributed by atoms with E-state index in [9.17, 15) is 8.78 Å². The van der Waals surface area contributed by atoms with Gasteiger partial charge in [0.25, 0.3) is 0 Å². The number of rotatable bonds is 6. The van der Waals surface area contributed by atoms with Gasteiger partial charge < -0.3 is 10.1 Å². The molecule has 0 saturated carbocycles. The summed E-state index contributed by atoms with van der Waals surface area (Å²) in [5, 5.41) is 3.25. The number of ether oxygens (including phenoxy) is 1. The van der Waals surface area contributed by atoms with Crippen molar-refractivity contribution < 1.29 is 13.5 Å². The zero-order valence-corrected chi connectivity index (χ0v) is 13.2. The fourth-order valence-corrected chi connectivity index (χ4v) is 2.63. The van der Waals surface area contributed by atoms with Crippen molar-refractivity contribution in [3.05, 3.63) is 63.6 Å². The molecule has 0 radical (unpaired) electrons. The maximum atomic E-state index is 13.0. The fourth-order valence-electron chi connectivity index (χ4n) is 2.04. The standard InChI is InChI=1S/C16H16BrF2NO/c1-21-16-3-2-12(8-15(16)17)10-20-5-4-11-6-13(18)9-14(19)7-11/h2-3,6-9,20H,4-5,10H2,1H3. The Labute approximate surface area is 131 Å². The molecule has 2 aromatic rings. The van der Waals surface area contributed by atoms with Crippen molar-refractivity contribution in [3.63, 3.8) is 0 Å². The third-order valence-electron chi connectivity index (χ3n) is 3.06. The highest BCUT2D eigenvalue weighted by molar-refractivity contribution is 9.10. The van der Waals surface area contributed by atoms with Gasteiger partial charge in [0.15, 0.2) is 0 Å². The van der Waals surface area contributed by atoms with E-state index in [1.807, 2.05) is 18.2 Å². The summed E-state index contributed by atoms with van der Waals surface area (Å²) in [4.78, 5) is 0. The Morgan fingerprint density at radius 1 is 1.05 bits per heavy atom. The maximum absolute atomic E-state index is 13.0. The van der Waals surface area contributed by atoms with Crippen molar-refractivity contribution in [2.24, 2.45) is 0 Å². The predicted molar refractivity (Wildman–Crippen MR) is 82.5 cm³/mol. The number of hydrogen-bond donors (Lipinski definition) is 1. The molecule has 1 N–H and O–H groups in total. The predicted octanol–water partition coefficient (Wildman–Crippen LogP) is 4.07. The summed E-state index contributed by atoms with van der Waals surface area (Å²) in [6, 6.07) is 9.43.